The highest BCUT2D eigenvalue weighted by Crippen LogP contribution is 2.41. The van der Waals surface area contributed by atoms with E-state index in [0.717, 1.165) is 48.9 Å². The second-order valence-electron chi connectivity index (χ2n) is 9.86. The van der Waals surface area contributed by atoms with Crippen molar-refractivity contribution in [1.29, 1.82) is 0 Å². The maximum atomic E-state index is 15.5. The molecule has 12 heteroatoms. The fourth-order valence-electron chi connectivity index (χ4n) is 5.24. The third-order valence-corrected chi connectivity index (χ3v) is 8.81. The van der Waals surface area contributed by atoms with E-state index in [-0.39, 0.29) is 34.1 Å². The van der Waals surface area contributed by atoms with Crippen molar-refractivity contribution in [2.45, 2.75) is 56.9 Å². The highest BCUT2D eigenvalue weighted by atomic mass is 35.5. The van der Waals surface area contributed by atoms with Gasteiger partial charge < -0.3 is 11.5 Å². The van der Waals surface area contributed by atoms with Crippen LogP contribution < -0.4 is 16.2 Å². The molecule has 2 aromatic heterocycles. The SMILES string of the molecule is CCn1nc(-c2cc(F)c(NS(=O)(=O)Cc3ccccc3Cl)cc2F)c2c(N)ncc([C@H]3CC[C@H](N)CC3)c21. The Hall–Kier alpha value is -3.28. The number of halogens is 3. The van der Waals surface area contributed by atoms with Crippen LogP contribution in [0.3, 0.4) is 0 Å². The van der Waals surface area contributed by atoms with Crippen molar-refractivity contribution in [3.63, 3.8) is 0 Å². The minimum Gasteiger partial charge on any atom is -0.383 e. The average molecular weight is 575 g/mol. The number of fused-ring (bicyclic) bond motifs is 1. The van der Waals surface area contributed by atoms with Crippen LogP contribution in [0, 0.1) is 11.6 Å². The van der Waals surface area contributed by atoms with E-state index in [1.54, 1.807) is 35.1 Å². The first kappa shape index (κ1) is 27.3. The summed E-state index contributed by atoms with van der Waals surface area (Å²) in [4.78, 5) is 4.37. The zero-order valence-corrected chi connectivity index (χ0v) is 22.9. The lowest BCUT2D eigenvalue weighted by Crippen LogP contribution is -2.26. The monoisotopic (exact) mass is 574 g/mol. The van der Waals surface area contributed by atoms with Gasteiger partial charge in [0, 0.05) is 35.4 Å². The molecule has 8 nitrogen and oxygen atoms in total. The zero-order chi connectivity index (χ0) is 27.9. The van der Waals surface area contributed by atoms with Gasteiger partial charge in [-0.05, 0) is 61.8 Å². The largest absolute Gasteiger partial charge is 0.383 e. The van der Waals surface area contributed by atoms with E-state index in [2.05, 4.69) is 14.8 Å². The second kappa shape index (κ2) is 10.7. The zero-order valence-electron chi connectivity index (χ0n) is 21.3. The molecule has 39 heavy (non-hydrogen) atoms. The van der Waals surface area contributed by atoms with Crippen LogP contribution in [0.15, 0.2) is 42.6 Å². The van der Waals surface area contributed by atoms with Crippen LogP contribution >= 0.6 is 11.6 Å². The molecule has 2 aromatic carbocycles. The van der Waals surface area contributed by atoms with E-state index in [9.17, 15) is 8.42 Å². The summed E-state index contributed by atoms with van der Waals surface area (Å²) < 4.78 is 60.0. The van der Waals surface area contributed by atoms with Crippen molar-refractivity contribution in [1.82, 2.24) is 14.8 Å². The predicted octanol–water partition coefficient (Wildman–Crippen LogP) is 5.56. The Morgan fingerprint density at radius 1 is 1.13 bits per heavy atom. The van der Waals surface area contributed by atoms with Crippen LogP contribution in [0.2, 0.25) is 5.02 Å². The van der Waals surface area contributed by atoms with Crippen molar-refractivity contribution in [3.8, 4) is 11.3 Å². The summed E-state index contributed by atoms with van der Waals surface area (Å²) in [5.41, 5.74) is 13.9. The summed E-state index contributed by atoms with van der Waals surface area (Å²) in [6.07, 6.45) is 5.29. The number of nitrogens with two attached hydrogens (primary N) is 2. The summed E-state index contributed by atoms with van der Waals surface area (Å²) in [6.45, 7) is 2.38. The summed E-state index contributed by atoms with van der Waals surface area (Å²) >= 11 is 6.06. The molecule has 1 aliphatic rings. The molecule has 0 amide bonds. The molecule has 1 saturated carbocycles. The number of rotatable bonds is 7. The Kier molecular flexibility index (Phi) is 7.49. The van der Waals surface area contributed by atoms with Gasteiger partial charge in [-0.2, -0.15) is 5.10 Å². The van der Waals surface area contributed by atoms with Gasteiger partial charge in [0.2, 0.25) is 10.0 Å². The van der Waals surface area contributed by atoms with Crippen LogP contribution in [0.1, 0.15) is 49.7 Å². The molecule has 0 atom stereocenters. The van der Waals surface area contributed by atoms with Crippen LogP contribution in [0.4, 0.5) is 20.3 Å². The Bertz CT molecular complexity index is 1650. The standard InChI is InChI=1S/C27H29ClF2N6O2S/c1-2-36-26-19(15-7-9-17(31)10-8-15)13-33-27(32)24(26)25(34-36)18-11-22(30)23(12-21(18)29)35-39(37,38)14-16-5-3-4-6-20(16)28/h3-6,11-13,15,17,35H,2,7-10,14,31H2,1H3,(H2,32,33)/t15-,17-. The quantitative estimate of drug-likeness (QED) is 0.265. The number of aryl methyl sites for hydroxylation is 1. The summed E-state index contributed by atoms with van der Waals surface area (Å²) in [7, 11) is -4.09. The number of sulfonamides is 1. The molecule has 0 saturated heterocycles. The smallest absolute Gasteiger partial charge is 0.237 e. The average Bonchev–Trinajstić information content (AvgIpc) is 3.28. The first-order chi connectivity index (χ1) is 18.6. The number of pyridine rings is 1. The van der Waals surface area contributed by atoms with Gasteiger partial charge in [0.25, 0.3) is 0 Å². The Balaban J connectivity index is 1.54. The third kappa shape index (κ3) is 5.43. The maximum Gasteiger partial charge on any atom is 0.237 e. The molecule has 0 spiro atoms. The van der Waals surface area contributed by atoms with E-state index in [1.165, 1.54) is 0 Å². The molecule has 1 fully saturated rings. The number of nitrogens with one attached hydrogen (secondary N) is 1. The number of nitrogen functional groups attached to an aromatic ring is 1. The van der Waals surface area contributed by atoms with Gasteiger partial charge in [-0.1, -0.05) is 29.8 Å². The fraction of sp³-hybridized carbons (Fsp3) is 0.333. The second-order valence-corrected chi connectivity index (χ2v) is 12.0. The molecule has 0 bridgehead atoms. The van der Waals surface area contributed by atoms with Crippen molar-refractivity contribution < 1.29 is 17.2 Å². The summed E-state index contributed by atoms with van der Waals surface area (Å²) in [5.74, 6) is -1.97. The Morgan fingerprint density at radius 2 is 1.85 bits per heavy atom. The molecule has 5 N–H and O–H groups in total. The fourth-order valence-corrected chi connectivity index (χ4v) is 6.75. The highest BCUT2D eigenvalue weighted by molar-refractivity contribution is 7.91. The van der Waals surface area contributed by atoms with Gasteiger partial charge in [-0.3, -0.25) is 9.40 Å². The van der Waals surface area contributed by atoms with Gasteiger partial charge in [0.1, 0.15) is 23.1 Å². The van der Waals surface area contributed by atoms with Gasteiger partial charge >= 0.3 is 0 Å². The Labute approximate surface area is 230 Å². The number of aromatic nitrogens is 3. The molecule has 1 aliphatic carbocycles. The molecule has 4 aromatic rings. The van der Waals surface area contributed by atoms with Crippen LogP contribution in [-0.4, -0.2) is 29.2 Å². The number of nitrogens with zero attached hydrogens (tertiary/aromatic N) is 3. The van der Waals surface area contributed by atoms with E-state index < -0.39 is 33.1 Å². The molecule has 0 radical (unpaired) electrons. The minimum absolute atomic E-state index is 0.143. The summed E-state index contributed by atoms with van der Waals surface area (Å²) in [6, 6.07) is 8.31. The number of benzene rings is 2. The molecule has 2 heterocycles. The predicted molar refractivity (Wildman–Crippen MR) is 150 cm³/mol. The lowest BCUT2D eigenvalue weighted by atomic mass is 9.82. The van der Waals surface area contributed by atoms with E-state index >= 15 is 8.78 Å². The number of hydrogen-bond donors (Lipinski definition) is 3. The molecule has 0 unspecified atom stereocenters. The van der Waals surface area contributed by atoms with E-state index in [0.29, 0.717) is 17.5 Å². The molecule has 206 valence electrons. The first-order valence-corrected chi connectivity index (χ1v) is 14.7. The normalized spacial score (nSPS) is 18.0. The van der Waals surface area contributed by atoms with Gasteiger partial charge in [0.15, 0.2) is 0 Å². The van der Waals surface area contributed by atoms with Crippen molar-refractivity contribution in [3.05, 3.63) is 70.4 Å². The van der Waals surface area contributed by atoms with Gasteiger partial charge in [-0.15, -0.1) is 0 Å². The van der Waals surface area contributed by atoms with Gasteiger partial charge in [-0.25, -0.2) is 22.2 Å². The first-order valence-electron chi connectivity index (χ1n) is 12.7. The topological polar surface area (TPSA) is 129 Å². The highest BCUT2D eigenvalue weighted by Gasteiger charge is 2.28. The number of anilines is 2. The van der Waals surface area contributed by atoms with Gasteiger partial charge in [0.05, 0.1) is 22.3 Å². The van der Waals surface area contributed by atoms with E-state index in [4.69, 9.17) is 23.1 Å². The lowest BCUT2D eigenvalue weighted by molar-refractivity contribution is 0.395. The van der Waals surface area contributed by atoms with Crippen LogP contribution in [0.25, 0.3) is 22.2 Å². The van der Waals surface area contributed by atoms with Crippen molar-refractivity contribution >= 4 is 44.0 Å². The maximum absolute atomic E-state index is 15.5. The van der Waals surface area contributed by atoms with Crippen LogP contribution in [0.5, 0.6) is 0 Å². The number of hydrogen-bond acceptors (Lipinski definition) is 6. The van der Waals surface area contributed by atoms with Crippen molar-refractivity contribution in [2.75, 3.05) is 10.5 Å². The molecule has 5 rings (SSSR count). The third-order valence-electron chi connectivity index (χ3n) is 7.22. The van der Waals surface area contributed by atoms with Crippen molar-refractivity contribution in [2.24, 2.45) is 5.73 Å². The van der Waals surface area contributed by atoms with Crippen LogP contribution in [-0.2, 0) is 22.3 Å². The molecule has 0 aliphatic heterocycles. The lowest BCUT2D eigenvalue weighted by Gasteiger charge is -2.27. The minimum atomic E-state index is -4.09. The Morgan fingerprint density at radius 3 is 2.54 bits per heavy atom. The molecular formula is C27H29ClF2N6O2S. The summed E-state index contributed by atoms with van der Waals surface area (Å²) in [5, 5.41) is 5.29. The van der Waals surface area contributed by atoms with E-state index in [1.807, 2.05) is 6.92 Å². The molecular weight excluding hydrogens is 546 g/mol.